The van der Waals surface area contributed by atoms with Crippen LogP contribution in [0.15, 0.2) is 18.7 Å². The molecule has 0 atom stereocenters. The average Bonchev–Trinajstić information content (AvgIpc) is 2.23. The van der Waals surface area contributed by atoms with Crippen LogP contribution in [0.25, 0.3) is 0 Å². The Kier molecular flexibility index (Phi) is 4.52. The standard InChI is InChI=1S/C15H24N2O/c1-7-8-17(15(4,5)6)14-13(10-18)11(2)9-12(3)16-14/h7,9,18H,1,8,10H2,2-6H3. The highest BCUT2D eigenvalue weighted by Crippen LogP contribution is 2.28. The van der Waals surface area contributed by atoms with Gasteiger partial charge >= 0.3 is 0 Å². The van der Waals surface area contributed by atoms with Crippen LogP contribution in [-0.2, 0) is 6.61 Å². The quantitative estimate of drug-likeness (QED) is 0.832. The van der Waals surface area contributed by atoms with Crippen molar-refractivity contribution in [1.82, 2.24) is 4.98 Å². The molecule has 3 nitrogen and oxygen atoms in total. The van der Waals surface area contributed by atoms with Crippen molar-refractivity contribution in [3.63, 3.8) is 0 Å². The van der Waals surface area contributed by atoms with Crippen LogP contribution in [0.3, 0.4) is 0 Å². The zero-order valence-electron chi connectivity index (χ0n) is 12.1. The van der Waals surface area contributed by atoms with Gasteiger partial charge in [0, 0.05) is 23.3 Å². The molecule has 1 aromatic heterocycles. The molecule has 0 fully saturated rings. The van der Waals surface area contributed by atoms with E-state index in [4.69, 9.17) is 0 Å². The largest absolute Gasteiger partial charge is 0.392 e. The summed E-state index contributed by atoms with van der Waals surface area (Å²) >= 11 is 0. The Morgan fingerprint density at radius 2 is 2.00 bits per heavy atom. The lowest BCUT2D eigenvalue weighted by molar-refractivity contribution is 0.280. The third-order valence-corrected chi connectivity index (χ3v) is 2.99. The van der Waals surface area contributed by atoms with Gasteiger partial charge in [-0.3, -0.25) is 0 Å². The van der Waals surface area contributed by atoms with Gasteiger partial charge in [-0.1, -0.05) is 6.08 Å². The second kappa shape index (κ2) is 5.53. The molecule has 1 heterocycles. The number of hydrogen-bond donors (Lipinski definition) is 1. The van der Waals surface area contributed by atoms with E-state index in [1.807, 2.05) is 26.0 Å². The third kappa shape index (κ3) is 3.10. The molecule has 0 aliphatic heterocycles. The maximum Gasteiger partial charge on any atom is 0.135 e. The van der Waals surface area contributed by atoms with Crippen molar-refractivity contribution < 1.29 is 5.11 Å². The Labute approximate surface area is 110 Å². The van der Waals surface area contributed by atoms with Crippen LogP contribution >= 0.6 is 0 Å². The highest BCUT2D eigenvalue weighted by molar-refractivity contribution is 5.53. The first-order valence-electron chi connectivity index (χ1n) is 6.27. The first kappa shape index (κ1) is 14.7. The summed E-state index contributed by atoms with van der Waals surface area (Å²) in [6.07, 6.45) is 1.87. The fourth-order valence-electron chi connectivity index (χ4n) is 2.07. The van der Waals surface area contributed by atoms with E-state index in [0.29, 0.717) is 6.54 Å². The number of aliphatic hydroxyl groups is 1. The van der Waals surface area contributed by atoms with Crippen molar-refractivity contribution >= 4 is 5.82 Å². The van der Waals surface area contributed by atoms with Gasteiger partial charge < -0.3 is 10.0 Å². The highest BCUT2D eigenvalue weighted by atomic mass is 16.3. The Morgan fingerprint density at radius 1 is 1.39 bits per heavy atom. The molecule has 1 rings (SSSR count). The minimum atomic E-state index is -0.0641. The van der Waals surface area contributed by atoms with Gasteiger partial charge in [0.1, 0.15) is 5.82 Å². The number of anilines is 1. The second-order valence-electron chi connectivity index (χ2n) is 5.61. The smallest absolute Gasteiger partial charge is 0.135 e. The third-order valence-electron chi connectivity index (χ3n) is 2.99. The molecule has 1 aromatic rings. The van der Waals surface area contributed by atoms with E-state index in [1.54, 1.807) is 0 Å². The molecule has 0 bridgehead atoms. The molecule has 0 aliphatic rings. The van der Waals surface area contributed by atoms with E-state index < -0.39 is 0 Å². The predicted octanol–water partition coefficient (Wildman–Crippen LogP) is 2.98. The fraction of sp³-hybridized carbons (Fsp3) is 0.533. The van der Waals surface area contributed by atoms with Crippen LogP contribution in [0.1, 0.15) is 37.6 Å². The summed E-state index contributed by atoms with van der Waals surface area (Å²) in [5.74, 6) is 0.863. The fourth-order valence-corrected chi connectivity index (χ4v) is 2.07. The Bertz CT molecular complexity index is 433. The van der Waals surface area contributed by atoms with Crippen LogP contribution in [0.2, 0.25) is 0 Å². The maximum absolute atomic E-state index is 9.58. The van der Waals surface area contributed by atoms with Gasteiger partial charge in [-0.2, -0.15) is 0 Å². The van der Waals surface area contributed by atoms with Gasteiger partial charge in [-0.15, -0.1) is 6.58 Å². The number of hydrogen-bond acceptors (Lipinski definition) is 3. The van der Waals surface area contributed by atoms with Gasteiger partial charge in [0.2, 0.25) is 0 Å². The number of aryl methyl sites for hydroxylation is 2. The molecule has 0 saturated carbocycles. The van der Waals surface area contributed by atoms with Crippen LogP contribution < -0.4 is 4.90 Å². The number of aromatic nitrogens is 1. The van der Waals surface area contributed by atoms with Crippen molar-refractivity contribution in [1.29, 1.82) is 0 Å². The van der Waals surface area contributed by atoms with Crippen LogP contribution in [-0.4, -0.2) is 22.2 Å². The molecule has 0 saturated heterocycles. The lowest BCUT2D eigenvalue weighted by atomic mass is 10.0. The minimum absolute atomic E-state index is 0.0121. The normalized spacial score (nSPS) is 11.4. The van der Waals surface area contributed by atoms with Crippen LogP contribution in [0.4, 0.5) is 5.82 Å². The molecule has 0 unspecified atom stereocenters. The van der Waals surface area contributed by atoms with Crippen molar-refractivity contribution in [2.75, 3.05) is 11.4 Å². The molecule has 0 amide bonds. The van der Waals surface area contributed by atoms with Gasteiger partial charge in [-0.25, -0.2) is 4.98 Å². The van der Waals surface area contributed by atoms with E-state index in [9.17, 15) is 5.11 Å². The zero-order chi connectivity index (χ0) is 13.9. The summed E-state index contributed by atoms with van der Waals surface area (Å²) < 4.78 is 0. The lowest BCUT2D eigenvalue weighted by Crippen LogP contribution is -2.43. The molecule has 3 heteroatoms. The van der Waals surface area contributed by atoms with E-state index in [0.717, 1.165) is 22.6 Å². The topological polar surface area (TPSA) is 36.4 Å². The SMILES string of the molecule is C=CCN(c1nc(C)cc(C)c1CO)C(C)(C)C. The van der Waals surface area contributed by atoms with E-state index in [-0.39, 0.29) is 12.1 Å². The lowest BCUT2D eigenvalue weighted by Gasteiger charge is -2.37. The molecular weight excluding hydrogens is 224 g/mol. The molecule has 18 heavy (non-hydrogen) atoms. The molecule has 0 aromatic carbocycles. The summed E-state index contributed by atoms with van der Waals surface area (Å²) in [6, 6.07) is 2.00. The van der Waals surface area contributed by atoms with Gasteiger partial charge in [0.15, 0.2) is 0 Å². The number of aliphatic hydroxyl groups excluding tert-OH is 1. The minimum Gasteiger partial charge on any atom is -0.392 e. The number of rotatable bonds is 4. The van der Waals surface area contributed by atoms with Crippen molar-refractivity contribution in [2.45, 2.75) is 46.8 Å². The number of nitrogens with zero attached hydrogens (tertiary/aromatic N) is 2. The zero-order valence-corrected chi connectivity index (χ0v) is 12.1. The first-order chi connectivity index (χ1) is 8.31. The van der Waals surface area contributed by atoms with Crippen molar-refractivity contribution in [3.05, 3.63) is 35.5 Å². The summed E-state index contributed by atoms with van der Waals surface area (Å²) in [5.41, 5.74) is 2.89. The van der Waals surface area contributed by atoms with Crippen molar-refractivity contribution in [2.24, 2.45) is 0 Å². The Morgan fingerprint density at radius 3 is 2.44 bits per heavy atom. The molecule has 1 N–H and O–H groups in total. The predicted molar refractivity (Wildman–Crippen MR) is 76.9 cm³/mol. The summed E-state index contributed by atoms with van der Waals surface area (Å²) in [4.78, 5) is 6.78. The second-order valence-corrected chi connectivity index (χ2v) is 5.61. The van der Waals surface area contributed by atoms with E-state index in [2.05, 4.69) is 37.2 Å². The number of pyridine rings is 1. The van der Waals surface area contributed by atoms with Crippen molar-refractivity contribution in [3.8, 4) is 0 Å². The monoisotopic (exact) mass is 248 g/mol. The maximum atomic E-state index is 9.58. The van der Waals surface area contributed by atoms with Crippen LogP contribution in [0.5, 0.6) is 0 Å². The Hall–Kier alpha value is -1.35. The van der Waals surface area contributed by atoms with E-state index >= 15 is 0 Å². The molecule has 100 valence electrons. The summed E-state index contributed by atoms with van der Waals surface area (Å²) in [6.45, 7) is 14.9. The average molecular weight is 248 g/mol. The van der Waals surface area contributed by atoms with E-state index in [1.165, 1.54) is 0 Å². The van der Waals surface area contributed by atoms with Gasteiger partial charge in [-0.05, 0) is 46.2 Å². The molecular formula is C15H24N2O. The first-order valence-corrected chi connectivity index (χ1v) is 6.27. The molecule has 0 radical (unpaired) electrons. The summed E-state index contributed by atoms with van der Waals surface area (Å²) in [5, 5.41) is 9.58. The van der Waals surface area contributed by atoms with Crippen LogP contribution in [0, 0.1) is 13.8 Å². The highest BCUT2D eigenvalue weighted by Gasteiger charge is 2.24. The van der Waals surface area contributed by atoms with Gasteiger partial charge in [0.25, 0.3) is 0 Å². The Balaban J connectivity index is 3.39. The molecule has 0 spiro atoms. The summed E-state index contributed by atoms with van der Waals surface area (Å²) in [7, 11) is 0. The van der Waals surface area contributed by atoms with Gasteiger partial charge in [0.05, 0.1) is 6.61 Å². The molecule has 0 aliphatic carbocycles.